The number of benzene rings is 1. The summed E-state index contributed by atoms with van der Waals surface area (Å²) in [6.45, 7) is 8.66. The standard InChI is InChI=1S/C20H24N2O2S2/c1-14(20(2,3)4)17-13-16(18-21-11-12-22(18)5)19(25-17)26(23,24)15-9-7-6-8-10-15/h6-14H,1-5H3. The molecular formula is C20H24N2O2S2. The van der Waals surface area contributed by atoms with Crippen LogP contribution in [0.1, 0.15) is 38.5 Å². The SMILES string of the molecule is CC(c1cc(-c2nccn2C)c(S(=O)(=O)c2ccccc2)s1)C(C)(C)C. The highest BCUT2D eigenvalue weighted by atomic mass is 32.2. The molecule has 1 aromatic carbocycles. The molecular weight excluding hydrogens is 364 g/mol. The van der Waals surface area contributed by atoms with E-state index in [9.17, 15) is 8.42 Å². The highest BCUT2D eigenvalue weighted by Gasteiger charge is 2.31. The van der Waals surface area contributed by atoms with Gasteiger partial charge in [-0.05, 0) is 29.5 Å². The molecule has 3 rings (SSSR count). The van der Waals surface area contributed by atoms with Crippen molar-refractivity contribution in [1.29, 1.82) is 0 Å². The van der Waals surface area contributed by atoms with Crippen LogP contribution in [-0.4, -0.2) is 18.0 Å². The smallest absolute Gasteiger partial charge is 0.216 e. The second kappa shape index (κ2) is 6.67. The summed E-state index contributed by atoms with van der Waals surface area (Å²) in [5.41, 5.74) is 0.717. The average Bonchev–Trinajstić information content (AvgIpc) is 3.20. The van der Waals surface area contributed by atoms with Gasteiger partial charge in [0.2, 0.25) is 9.84 Å². The Kier molecular flexibility index (Phi) is 4.84. The molecule has 4 nitrogen and oxygen atoms in total. The van der Waals surface area contributed by atoms with Crippen molar-refractivity contribution in [3.8, 4) is 11.4 Å². The fraction of sp³-hybridized carbons (Fsp3) is 0.350. The maximum Gasteiger partial charge on any atom is 0.216 e. The van der Waals surface area contributed by atoms with Crippen molar-refractivity contribution in [2.45, 2.75) is 42.7 Å². The largest absolute Gasteiger partial charge is 0.334 e. The summed E-state index contributed by atoms with van der Waals surface area (Å²) in [6.07, 6.45) is 3.53. The van der Waals surface area contributed by atoms with Gasteiger partial charge in [-0.15, -0.1) is 11.3 Å². The first kappa shape index (κ1) is 18.9. The Hall–Kier alpha value is -1.92. The number of thiophene rings is 1. The molecule has 2 aromatic heterocycles. The van der Waals surface area contributed by atoms with E-state index in [1.807, 2.05) is 29.9 Å². The highest BCUT2D eigenvalue weighted by molar-refractivity contribution is 7.93. The zero-order chi connectivity index (χ0) is 19.1. The summed E-state index contributed by atoms with van der Waals surface area (Å²) in [5.74, 6) is 0.898. The zero-order valence-electron chi connectivity index (χ0n) is 15.7. The average molecular weight is 389 g/mol. The molecule has 6 heteroatoms. The molecule has 1 atom stereocenters. The van der Waals surface area contributed by atoms with E-state index in [1.165, 1.54) is 11.3 Å². The molecule has 26 heavy (non-hydrogen) atoms. The van der Waals surface area contributed by atoms with Gasteiger partial charge < -0.3 is 4.57 Å². The number of aromatic nitrogens is 2. The molecule has 0 aliphatic carbocycles. The van der Waals surface area contributed by atoms with Crippen LogP contribution < -0.4 is 0 Å². The molecule has 3 aromatic rings. The van der Waals surface area contributed by atoms with Crippen molar-refractivity contribution in [3.63, 3.8) is 0 Å². The third kappa shape index (κ3) is 3.35. The molecule has 0 fully saturated rings. The fourth-order valence-corrected chi connectivity index (χ4v) is 6.09. The monoisotopic (exact) mass is 388 g/mol. The van der Waals surface area contributed by atoms with Crippen molar-refractivity contribution in [2.75, 3.05) is 0 Å². The van der Waals surface area contributed by atoms with Crippen LogP contribution in [0.25, 0.3) is 11.4 Å². The Balaban J connectivity index is 2.24. The van der Waals surface area contributed by atoms with Gasteiger partial charge in [-0.3, -0.25) is 0 Å². The number of hydrogen-bond donors (Lipinski definition) is 0. The molecule has 0 aliphatic heterocycles. The molecule has 0 saturated carbocycles. The summed E-state index contributed by atoms with van der Waals surface area (Å²) < 4.78 is 28.9. The molecule has 138 valence electrons. The molecule has 0 bridgehead atoms. The molecule has 2 heterocycles. The van der Waals surface area contributed by atoms with Crippen molar-refractivity contribution in [2.24, 2.45) is 12.5 Å². The van der Waals surface area contributed by atoms with Crippen LogP contribution in [0.4, 0.5) is 0 Å². The molecule has 0 saturated heterocycles. The topological polar surface area (TPSA) is 52.0 Å². The Morgan fingerprint density at radius 3 is 2.35 bits per heavy atom. The van der Waals surface area contributed by atoms with E-state index < -0.39 is 9.84 Å². The van der Waals surface area contributed by atoms with Crippen molar-refractivity contribution in [1.82, 2.24) is 9.55 Å². The van der Waals surface area contributed by atoms with Crippen LogP contribution in [-0.2, 0) is 16.9 Å². The van der Waals surface area contributed by atoms with Crippen molar-refractivity contribution in [3.05, 3.63) is 53.7 Å². The predicted octanol–water partition coefficient (Wildman–Crippen LogP) is 5.13. The minimum atomic E-state index is -3.61. The van der Waals surface area contributed by atoms with Gasteiger partial charge in [0.05, 0.1) is 4.90 Å². The normalized spacial score (nSPS) is 13.7. The molecule has 0 spiro atoms. The predicted molar refractivity (Wildman–Crippen MR) is 106 cm³/mol. The summed E-state index contributed by atoms with van der Waals surface area (Å²) in [7, 11) is -1.72. The van der Waals surface area contributed by atoms with Crippen LogP contribution in [0.3, 0.4) is 0 Å². The number of aryl methyl sites for hydroxylation is 1. The Morgan fingerprint density at radius 2 is 1.81 bits per heavy atom. The number of nitrogens with zero attached hydrogens (tertiary/aromatic N) is 2. The van der Waals surface area contributed by atoms with Crippen LogP contribution >= 0.6 is 11.3 Å². The number of sulfone groups is 1. The molecule has 0 N–H and O–H groups in total. The lowest BCUT2D eigenvalue weighted by molar-refractivity contribution is 0.343. The molecule has 0 aliphatic rings. The van der Waals surface area contributed by atoms with E-state index in [4.69, 9.17) is 0 Å². The van der Waals surface area contributed by atoms with E-state index in [0.29, 0.717) is 20.5 Å². The van der Waals surface area contributed by atoms with Gasteiger partial charge in [0.15, 0.2) is 0 Å². The molecule has 0 radical (unpaired) electrons. The second-order valence-electron chi connectivity index (χ2n) is 7.62. The number of rotatable bonds is 4. The van der Waals surface area contributed by atoms with E-state index in [-0.39, 0.29) is 11.3 Å². The summed E-state index contributed by atoms with van der Waals surface area (Å²) in [6, 6.07) is 10.6. The highest BCUT2D eigenvalue weighted by Crippen LogP contribution is 2.44. The first-order valence-corrected chi connectivity index (χ1v) is 10.8. The minimum Gasteiger partial charge on any atom is -0.334 e. The van der Waals surface area contributed by atoms with Gasteiger partial charge in [-0.1, -0.05) is 45.9 Å². The van der Waals surface area contributed by atoms with Gasteiger partial charge in [0.1, 0.15) is 10.0 Å². The lowest BCUT2D eigenvalue weighted by Crippen LogP contribution is -2.13. The van der Waals surface area contributed by atoms with Crippen LogP contribution in [0.5, 0.6) is 0 Å². The lowest BCUT2D eigenvalue weighted by Gasteiger charge is -2.26. The van der Waals surface area contributed by atoms with Crippen molar-refractivity contribution >= 4 is 21.2 Å². The fourth-order valence-electron chi connectivity index (χ4n) is 2.72. The second-order valence-corrected chi connectivity index (χ2v) is 10.8. The molecule has 1 unspecified atom stereocenters. The Morgan fingerprint density at radius 1 is 1.15 bits per heavy atom. The Labute approximate surface area is 159 Å². The minimum absolute atomic E-state index is 0.0392. The first-order valence-electron chi connectivity index (χ1n) is 8.54. The van der Waals surface area contributed by atoms with Gasteiger partial charge in [0.25, 0.3) is 0 Å². The zero-order valence-corrected chi connectivity index (χ0v) is 17.4. The van der Waals surface area contributed by atoms with Gasteiger partial charge in [-0.2, -0.15) is 0 Å². The van der Waals surface area contributed by atoms with Gasteiger partial charge >= 0.3 is 0 Å². The maximum absolute atomic E-state index is 13.3. The summed E-state index contributed by atoms with van der Waals surface area (Å²) in [4.78, 5) is 5.77. The van der Waals surface area contributed by atoms with Crippen LogP contribution in [0, 0.1) is 5.41 Å². The van der Waals surface area contributed by atoms with E-state index >= 15 is 0 Å². The Bertz CT molecular complexity index is 1010. The third-order valence-corrected chi connectivity index (χ3v) is 8.42. The summed E-state index contributed by atoms with van der Waals surface area (Å²) in [5, 5.41) is 0. The first-order chi connectivity index (χ1) is 12.1. The third-order valence-electron chi connectivity index (χ3n) is 4.80. The van der Waals surface area contributed by atoms with Crippen LogP contribution in [0.2, 0.25) is 0 Å². The van der Waals surface area contributed by atoms with Gasteiger partial charge in [0, 0.05) is 29.9 Å². The lowest BCUT2D eigenvalue weighted by atomic mass is 9.81. The number of hydrogen-bond acceptors (Lipinski definition) is 4. The van der Waals surface area contributed by atoms with E-state index in [0.717, 1.165) is 4.88 Å². The van der Waals surface area contributed by atoms with E-state index in [2.05, 4.69) is 32.7 Å². The quantitative estimate of drug-likeness (QED) is 0.622. The van der Waals surface area contributed by atoms with Gasteiger partial charge in [-0.25, -0.2) is 13.4 Å². The van der Waals surface area contributed by atoms with Crippen LogP contribution in [0.15, 0.2) is 57.9 Å². The molecule has 0 amide bonds. The van der Waals surface area contributed by atoms with Crippen molar-refractivity contribution < 1.29 is 8.42 Å². The number of imidazole rings is 1. The van der Waals surface area contributed by atoms with E-state index in [1.54, 1.807) is 30.5 Å². The summed E-state index contributed by atoms with van der Waals surface area (Å²) >= 11 is 1.36. The maximum atomic E-state index is 13.3.